The van der Waals surface area contributed by atoms with Crippen LogP contribution >= 0.6 is 23.2 Å². The van der Waals surface area contributed by atoms with Gasteiger partial charge in [0.2, 0.25) is 0 Å². The van der Waals surface area contributed by atoms with E-state index in [2.05, 4.69) is 28.1 Å². The van der Waals surface area contributed by atoms with Gasteiger partial charge in [0.05, 0.1) is 0 Å². The summed E-state index contributed by atoms with van der Waals surface area (Å²) >= 11 is 12.0. The van der Waals surface area contributed by atoms with Gasteiger partial charge in [-0.25, -0.2) is 0 Å². The number of hydrogen-bond donors (Lipinski definition) is 0. The van der Waals surface area contributed by atoms with Gasteiger partial charge < -0.3 is 4.90 Å². The molecule has 1 aliphatic heterocycles. The maximum Gasteiger partial charge on any atom is 0.0406 e. The van der Waals surface area contributed by atoms with Crippen molar-refractivity contribution in [3.63, 3.8) is 0 Å². The van der Waals surface area contributed by atoms with Crippen molar-refractivity contribution in [2.45, 2.75) is 25.2 Å². The van der Waals surface area contributed by atoms with Crippen molar-refractivity contribution in [1.29, 1.82) is 0 Å². The maximum absolute atomic E-state index is 6.01. The average Bonchev–Trinajstić information content (AvgIpc) is 2.74. The summed E-state index contributed by atoms with van der Waals surface area (Å²) in [6.07, 6.45) is 7.36. The van der Waals surface area contributed by atoms with E-state index in [0.717, 1.165) is 47.2 Å². The van der Waals surface area contributed by atoms with E-state index in [1.54, 1.807) is 0 Å². The van der Waals surface area contributed by atoms with Crippen LogP contribution in [0.1, 0.15) is 29.9 Å². The summed E-state index contributed by atoms with van der Waals surface area (Å²) in [5.41, 5.74) is 5.01. The van der Waals surface area contributed by atoms with Gasteiger partial charge in [-0.15, -0.1) is 0 Å². The smallest absolute Gasteiger partial charge is 0.0406 e. The minimum absolute atomic E-state index is 0.656. The van der Waals surface area contributed by atoms with Crippen LogP contribution < -0.4 is 0 Å². The van der Waals surface area contributed by atoms with Crippen molar-refractivity contribution >= 4 is 23.2 Å². The second-order valence-electron chi connectivity index (χ2n) is 7.51. The summed E-state index contributed by atoms with van der Waals surface area (Å²) in [5.74, 6) is 0.656. The molecule has 2 nitrogen and oxygen atoms in total. The zero-order valence-electron chi connectivity index (χ0n) is 15.8. The summed E-state index contributed by atoms with van der Waals surface area (Å²) < 4.78 is 0. The van der Waals surface area contributed by atoms with Crippen molar-refractivity contribution in [3.8, 4) is 11.1 Å². The van der Waals surface area contributed by atoms with Gasteiger partial charge in [-0.05, 0) is 85.3 Å². The number of likely N-dealkylation sites (tertiary alicyclic amines) is 1. The van der Waals surface area contributed by atoms with E-state index >= 15 is 0 Å². The summed E-state index contributed by atoms with van der Waals surface area (Å²) in [4.78, 5) is 7.01. The third-order valence-electron chi connectivity index (χ3n) is 5.62. The molecule has 2 aromatic carbocycles. The van der Waals surface area contributed by atoms with Crippen LogP contribution in [0.15, 0.2) is 67.0 Å². The molecule has 1 saturated heterocycles. The molecule has 2 heterocycles. The van der Waals surface area contributed by atoms with Crippen LogP contribution in [0.25, 0.3) is 11.1 Å². The van der Waals surface area contributed by atoms with Crippen LogP contribution in [0.4, 0.5) is 0 Å². The molecule has 3 aromatic rings. The molecule has 0 unspecified atom stereocenters. The summed E-state index contributed by atoms with van der Waals surface area (Å²) in [6.45, 7) is 3.38. The molecular formula is C24H24Cl2N2. The van der Waals surface area contributed by atoms with Crippen molar-refractivity contribution in [1.82, 2.24) is 9.88 Å². The van der Waals surface area contributed by atoms with Crippen molar-refractivity contribution in [2.24, 2.45) is 0 Å². The first-order chi connectivity index (χ1) is 13.7. The number of nitrogens with zero attached hydrogens (tertiary/aromatic N) is 2. The molecule has 0 N–H and O–H groups in total. The standard InChI is InChI=1S/C24H24Cl2N2/c25-23-5-1-19(2-6-23)21-10-13-28(14-11-21)12-9-18-15-22(17-27-16-18)20-3-7-24(26)8-4-20/h1-8,15-17,21H,9-14H2. The Morgan fingerprint density at radius 1 is 0.821 bits per heavy atom. The summed E-state index contributed by atoms with van der Waals surface area (Å²) in [7, 11) is 0. The molecule has 0 amide bonds. The van der Waals surface area contributed by atoms with E-state index in [9.17, 15) is 0 Å². The van der Waals surface area contributed by atoms with Gasteiger partial charge in [-0.3, -0.25) is 4.98 Å². The fourth-order valence-corrected chi connectivity index (χ4v) is 4.19. The van der Waals surface area contributed by atoms with Gasteiger partial charge in [0.15, 0.2) is 0 Å². The van der Waals surface area contributed by atoms with E-state index < -0.39 is 0 Å². The SMILES string of the molecule is Clc1ccc(-c2cncc(CCN3CCC(c4ccc(Cl)cc4)CC3)c2)cc1. The van der Waals surface area contributed by atoms with Gasteiger partial charge >= 0.3 is 0 Å². The number of halogens is 2. The number of pyridine rings is 1. The van der Waals surface area contributed by atoms with E-state index in [1.807, 2.05) is 48.8 Å². The maximum atomic E-state index is 6.01. The highest BCUT2D eigenvalue weighted by Crippen LogP contribution is 2.29. The molecule has 1 fully saturated rings. The zero-order valence-corrected chi connectivity index (χ0v) is 17.3. The first-order valence-electron chi connectivity index (χ1n) is 9.85. The molecule has 0 atom stereocenters. The molecular weight excluding hydrogens is 387 g/mol. The fraction of sp³-hybridized carbons (Fsp3) is 0.292. The number of piperidine rings is 1. The lowest BCUT2D eigenvalue weighted by Crippen LogP contribution is -2.34. The van der Waals surface area contributed by atoms with Crippen LogP contribution in [0, 0.1) is 0 Å². The molecule has 4 rings (SSSR count). The van der Waals surface area contributed by atoms with Gasteiger partial charge in [0.25, 0.3) is 0 Å². The molecule has 1 aliphatic rings. The van der Waals surface area contributed by atoms with Gasteiger partial charge in [-0.1, -0.05) is 47.5 Å². The van der Waals surface area contributed by atoms with Crippen LogP contribution in [0.5, 0.6) is 0 Å². The highest BCUT2D eigenvalue weighted by atomic mass is 35.5. The third-order valence-corrected chi connectivity index (χ3v) is 6.12. The van der Waals surface area contributed by atoms with Crippen LogP contribution in [0.3, 0.4) is 0 Å². The number of aromatic nitrogens is 1. The Kier molecular flexibility index (Phi) is 6.31. The van der Waals surface area contributed by atoms with Gasteiger partial charge in [0, 0.05) is 34.5 Å². The van der Waals surface area contributed by atoms with E-state index in [-0.39, 0.29) is 0 Å². The molecule has 4 heteroatoms. The average molecular weight is 411 g/mol. The predicted molar refractivity (Wildman–Crippen MR) is 118 cm³/mol. The van der Waals surface area contributed by atoms with Gasteiger partial charge in [-0.2, -0.15) is 0 Å². The molecule has 0 saturated carbocycles. The fourth-order valence-electron chi connectivity index (χ4n) is 3.94. The Morgan fingerprint density at radius 2 is 1.46 bits per heavy atom. The van der Waals surface area contributed by atoms with Crippen molar-refractivity contribution in [2.75, 3.05) is 19.6 Å². The molecule has 28 heavy (non-hydrogen) atoms. The van der Waals surface area contributed by atoms with E-state index in [0.29, 0.717) is 5.92 Å². The Hall–Kier alpha value is -1.87. The minimum atomic E-state index is 0.656. The molecule has 0 radical (unpaired) electrons. The number of hydrogen-bond acceptors (Lipinski definition) is 2. The predicted octanol–water partition coefficient (Wildman–Crippen LogP) is 6.48. The van der Waals surface area contributed by atoms with Gasteiger partial charge in [0.1, 0.15) is 0 Å². The quantitative estimate of drug-likeness (QED) is 0.478. The largest absolute Gasteiger partial charge is 0.303 e. The van der Waals surface area contributed by atoms with Crippen LogP contribution in [0.2, 0.25) is 10.0 Å². The lowest BCUT2D eigenvalue weighted by atomic mass is 9.89. The Bertz CT molecular complexity index is 899. The Morgan fingerprint density at radius 3 is 2.14 bits per heavy atom. The Balaban J connectivity index is 1.31. The first kappa shape index (κ1) is 19.4. The van der Waals surface area contributed by atoms with Crippen molar-refractivity contribution < 1.29 is 0 Å². The third kappa shape index (κ3) is 4.94. The molecule has 144 valence electrons. The lowest BCUT2D eigenvalue weighted by Gasteiger charge is -2.32. The van der Waals surface area contributed by atoms with E-state index in [4.69, 9.17) is 23.2 Å². The summed E-state index contributed by atoms with van der Waals surface area (Å²) in [5, 5.41) is 1.57. The van der Waals surface area contributed by atoms with Crippen molar-refractivity contribution in [3.05, 3.63) is 88.2 Å². The minimum Gasteiger partial charge on any atom is -0.303 e. The molecule has 0 spiro atoms. The Labute approximate surface area is 177 Å². The van der Waals surface area contributed by atoms with Crippen LogP contribution in [-0.4, -0.2) is 29.5 Å². The second kappa shape index (κ2) is 9.09. The normalized spacial score (nSPS) is 15.6. The lowest BCUT2D eigenvalue weighted by molar-refractivity contribution is 0.214. The van der Waals surface area contributed by atoms with E-state index in [1.165, 1.54) is 24.0 Å². The molecule has 0 aliphatic carbocycles. The topological polar surface area (TPSA) is 16.1 Å². The second-order valence-corrected chi connectivity index (χ2v) is 8.38. The highest BCUT2D eigenvalue weighted by molar-refractivity contribution is 6.30. The summed E-state index contributed by atoms with van der Waals surface area (Å²) in [6, 6.07) is 18.6. The highest BCUT2D eigenvalue weighted by Gasteiger charge is 2.20. The first-order valence-corrected chi connectivity index (χ1v) is 10.6. The van der Waals surface area contributed by atoms with Crippen LogP contribution in [-0.2, 0) is 6.42 Å². The molecule has 0 bridgehead atoms. The molecule has 1 aromatic heterocycles. The number of rotatable bonds is 5. The monoisotopic (exact) mass is 410 g/mol. The number of benzene rings is 2. The zero-order chi connectivity index (χ0) is 19.3.